The third-order valence-electron chi connectivity index (χ3n) is 5.07. The van der Waals surface area contributed by atoms with Gasteiger partial charge in [0, 0.05) is 35.9 Å². The normalized spacial score (nSPS) is 22.8. The standard InChI is InChI=1S/C19H17F2N5O4S/c20-11-6-22-15(23-7-11)16(27)24-12-1-2-14(21)13(5-12)19-3-4-30-8-10(19)9-31-17(26-19)25-18(28)29/h1-2,5-7,10H,3-4,8-9H2,(H,24,27)(H,25,26)(H,28,29)/t10?,19-/m0/s1. The number of thioether (sulfide) groups is 1. The van der Waals surface area contributed by atoms with Gasteiger partial charge in [0.15, 0.2) is 11.0 Å². The van der Waals surface area contributed by atoms with Crippen LogP contribution in [0.5, 0.6) is 0 Å². The number of hydrogen-bond donors (Lipinski definition) is 3. The minimum Gasteiger partial charge on any atom is -0.465 e. The van der Waals surface area contributed by atoms with E-state index in [4.69, 9.17) is 9.84 Å². The fourth-order valence-electron chi connectivity index (χ4n) is 3.64. The van der Waals surface area contributed by atoms with Crippen molar-refractivity contribution in [2.24, 2.45) is 10.9 Å². The molecule has 3 heterocycles. The third kappa shape index (κ3) is 4.35. The number of benzene rings is 1. The molecule has 1 fully saturated rings. The number of amides is 2. The molecule has 0 radical (unpaired) electrons. The van der Waals surface area contributed by atoms with Gasteiger partial charge in [0.1, 0.15) is 5.82 Å². The van der Waals surface area contributed by atoms with E-state index in [2.05, 4.69) is 25.6 Å². The van der Waals surface area contributed by atoms with Crippen LogP contribution in [0.3, 0.4) is 0 Å². The molecular weight excluding hydrogens is 432 g/mol. The van der Waals surface area contributed by atoms with Gasteiger partial charge in [-0.25, -0.2) is 23.5 Å². The first-order chi connectivity index (χ1) is 14.9. The molecule has 12 heteroatoms. The minimum atomic E-state index is -1.26. The summed E-state index contributed by atoms with van der Waals surface area (Å²) in [7, 11) is 0. The lowest BCUT2D eigenvalue weighted by Gasteiger charge is -2.44. The molecule has 31 heavy (non-hydrogen) atoms. The fraction of sp³-hybridized carbons (Fsp3) is 0.316. The van der Waals surface area contributed by atoms with E-state index in [1.165, 1.54) is 30.0 Å². The molecule has 1 aromatic carbocycles. The molecule has 0 saturated carbocycles. The van der Waals surface area contributed by atoms with Gasteiger partial charge in [-0.05, 0) is 18.2 Å². The maximum absolute atomic E-state index is 15.0. The summed E-state index contributed by atoms with van der Waals surface area (Å²) < 4.78 is 33.5. The number of aromatic nitrogens is 2. The number of anilines is 1. The Morgan fingerprint density at radius 2 is 2.00 bits per heavy atom. The molecule has 2 amide bonds. The van der Waals surface area contributed by atoms with Gasteiger partial charge in [-0.3, -0.25) is 15.1 Å². The summed E-state index contributed by atoms with van der Waals surface area (Å²) in [5, 5.41) is 14.1. The summed E-state index contributed by atoms with van der Waals surface area (Å²) in [5.41, 5.74) is -0.544. The topological polar surface area (TPSA) is 126 Å². The number of nitrogens with zero attached hydrogens (tertiary/aromatic N) is 3. The van der Waals surface area contributed by atoms with Crippen molar-refractivity contribution in [1.82, 2.24) is 15.3 Å². The molecule has 1 saturated heterocycles. The second-order valence-electron chi connectivity index (χ2n) is 6.98. The zero-order valence-electron chi connectivity index (χ0n) is 16.0. The van der Waals surface area contributed by atoms with Gasteiger partial charge in [-0.2, -0.15) is 0 Å². The highest BCUT2D eigenvalue weighted by Crippen LogP contribution is 2.46. The van der Waals surface area contributed by atoms with Crippen LogP contribution in [0.2, 0.25) is 0 Å². The number of hydrogen-bond acceptors (Lipinski definition) is 7. The first-order valence-corrected chi connectivity index (χ1v) is 10.3. The molecule has 1 aromatic heterocycles. The fourth-order valence-corrected chi connectivity index (χ4v) is 4.76. The lowest BCUT2D eigenvalue weighted by Crippen LogP contribution is -2.48. The Hall–Kier alpha value is -3.12. The average Bonchev–Trinajstić information content (AvgIpc) is 2.75. The maximum atomic E-state index is 15.0. The van der Waals surface area contributed by atoms with Gasteiger partial charge in [0.05, 0.1) is 24.5 Å². The van der Waals surface area contributed by atoms with Gasteiger partial charge in [-0.15, -0.1) is 0 Å². The van der Waals surface area contributed by atoms with Crippen molar-refractivity contribution in [1.29, 1.82) is 0 Å². The molecular formula is C19H17F2N5O4S. The number of amidine groups is 1. The Balaban J connectivity index is 1.69. The van der Waals surface area contributed by atoms with Crippen LogP contribution in [0, 0.1) is 17.6 Å². The van der Waals surface area contributed by atoms with Crippen molar-refractivity contribution in [3.8, 4) is 0 Å². The lowest BCUT2D eigenvalue weighted by molar-refractivity contribution is 0.00878. The highest BCUT2D eigenvalue weighted by molar-refractivity contribution is 8.13. The number of carbonyl (C=O) groups is 2. The number of fused-ring (bicyclic) bond motifs is 1. The average molecular weight is 449 g/mol. The Morgan fingerprint density at radius 1 is 1.23 bits per heavy atom. The minimum absolute atomic E-state index is 0.180. The number of ether oxygens (including phenoxy) is 1. The quantitative estimate of drug-likeness (QED) is 0.658. The summed E-state index contributed by atoms with van der Waals surface area (Å²) in [6, 6.07) is 4.05. The SMILES string of the molecule is O=C(O)NC1=N[C@@]2(c3cc(NC(=O)c4ncc(F)cn4)ccc3F)CCOCC2CS1. The predicted octanol–water partition coefficient (Wildman–Crippen LogP) is 2.61. The number of carbonyl (C=O) groups excluding carboxylic acids is 1. The van der Waals surface area contributed by atoms with Crippen molar-refractivity contribution in [3.05, 3.63) is 53.6 Å². The first kappa shape index (κ1) is 21.1. The van der Waals surface area contributed by atoms with Crippen LogP contribution in [-0.2, 0) is 10.3 Å². The lowest BCUT2D eigenvalue weighted by atomic mass is 9.75. The van der Waals surface area contributed by atoms with Gasteiger partial charge in [0.2, 0.25) is 5.82 Å². The van der Waals surface area contributed by atoms with Crippen LogP contribution in [0.4, 0.5) is 19.3 Å². The molecule has 0 aliphatic carbocycles. The Bertz CT molecular complexity index is 1050. The molecule has 1 unspecified atom stereocenters. The third-order valence-corrected chi connectivity index (χ3v) is 6.11. The Labute approximate surface area is 179 Å². The van der Waals surface area contributed by atoms with E-state index in [1.54, 1.807) is 0 Å². The molecule has 2 atom stereocenters. The molecule has 4 rings (SSSR count). The molecule has 9 nitrogen and oxygen atoms in total. The summed E-state index contributed by atoms with van der Waals surface area (Å²) in [4.78, 5) is 35.3. The summed E-state index contributed by atoms with van der Waals surface area (Å²) in [5.74, 6) is -1.84. The number of halogens is 2. The highest BCUT2D eigenvalue weighted by Gasteiger charge is 2.47. The van der Waals surface area contributed by atoms with Gasteiger partial charge in [-0.1, -0.05) is 11.8 Å². The summed E-state index contributed by atoms with van der Waals surface area (Å²) in [6.45, 7) is 0.667. The highest BCUT2D eigenvalue weighted by atomic mass is 32.2. The van der Waals surface area contributed by atoms with Crippen molar-refractivity contribution in [3.63, 3.8) is 0 Å². The van der Waals surface area contributed by atoms with E-state index in [-0.39, 0.29) is 28.2 Å². The van der Waals surface area contributed by atoms with E-state index in [9.17, 15) is 18.4 Å². The molecule has 2 aliphatic rings. The van der Waals surface area contributed by atoms with E-state index in [0.717, 1.165) is 12.4 Å². The van der Waals surface area contributed by atoms with Crippen LogP contribution in [-0.4, -0.2) is 51.2 Å². The van der Waals surface area contributed by atoms with Crippen LogP contribution in [0.1, 0.15) is 22.6 Å². The smallest absolute Gasteiger partial charge is 0.410 e. The van der Waals surface area contributed by atoms with Crippen LogP contribution in [0.15, 0.2) is 35.6 Å². The zero-order chi connectivity index (χ0) is 22.0. The van der Waals surface area contributed by atoms with Crippen molar-refractivity contribution in [2.45, 2.75) is 12.0 Å². The number of nitrogens with one attached hydrogen (secondary N) is 2. The molecule has 0 bridgehead atoms. The van der Waals surface area contributed by atoms with Crippen LogP contribution >= 0.6 is 11.8 Å². The zero-order valence-corrected chi connectivity index (χ0v) is 16.8. The molecule has 0 spiro atoms. The van der Waals surface area contributed by atoms with E-state index in [0.29, 0.717) is 25.4 Å². The molecule has 2 aliphatic heterocycles. The predicted molar refractivity (Wildman–Crippen MR) is 108 cm³/mol. The summed E-state index contributed by atoms with van der Waals surface area (Å²) >= 11 is 1.23. The summed E-state index contributed by atoms with van der Waals surface area (Å²) in [6.07, 6.45) is 0.829. The first-order valence-electron chi connectivity index (χ1n) is 9.26. The number of carboxylic acid groups (broad SMARTS) is 1. The van der Waals surface area contributed by atoms with Crippen molar-refractivity contribution < 1.29 is 28.2 Å². The number of aliphatic imine (C=N–C) groups is 1. The Kier molecular flexibility index (Phi) is 5.83. The van der Waals surface area contributed by atoms with Crippen molar-refractivity contribution >= 4 is 34.6 Å². The van der Waals surface area contributed by atoms with Gasteiger partial charge < -0.3 is 15.2 Å². The van der Waals surface area contributed by atoms with Crippen LogP contribution < -0.4 is 10.6 Å². The second kappa shape index (κ2) is 8.55. The van der Waals surface area contributed by atoms with E-state index in [1.807, 2.05) is 0 Å². The second-order valence-corrected chi connectivity index (χ2v) is 7.99. The molecule has 2 aromatic rings. The van der Waals surface area contributed by atoms with E-state index < -0.39 is 29.2 Å². The number of rotatable bonds is 3. The van der Waals surface area contributed by atoms with Gasteiger partial charge >= 0.3 is 6.09 Å². The Morgan fingerprint density at radius 3 is 2.74 bits per heavy atom. The maximum Gasteiger partial charge on any atom is 0.410 e. The monoisotopic (exact) mass is 449 g/mol. The van der Waals surface area contributed by atoms with Gasteiger partial charge in [0.25, 0.3) is 5.91 Å². The largest absolute Gasteiger partial charge is 0.465 e. The molecule has 3 N–H and O–H groups in total. The van der Waals surface area contributed by atoms with Crippen LogP contribution in [0.25, 0.3) is 0 Å². The molecule has 162 valence electrons. The van der Waals surface area contributed by atoms with Crippen molar-refractivity contribution in [2.75, 3.05) is 24.3 Å². The van der Waals surface area contributed by atoms with E-state index >= 15 is 0 Å².